The van der Waals surface area contributed by atoms with E-state index in [9.17, 15) is 4.79 Å². The first-order valence-corrected chi connectivity index (χ1v) is 8.52. The molecule has 0 radical (unpaired) electrons. The van der Waals surface area contributed by atoms with Gasteiger partial charge in [0.15, 0.2) is 5.78 Å². The van der Waals surface area contributed by atoms with Gasteiger partial charge in [-0.3, -0.25) is 4.79 Å². The predicted octanol–water partition coefficient (Wildman–Crippen LogP) is 5.15. The maximum atomic E-state index is 13.0. The highest BCUT2D eigenvalue weighted by Crippen LogP contribution is 2.44. The van der Waals surface area contributed by atoms with E-state index in [1.165, 1.54) is 27.8 Å². The highest BCUT2D eigenvalue weighted by atomic mass is 16.1. The van der Waals surface area contributed by atoms with E-state index >= 15 is 0 Å². The van der Waals surface area contributed by atoms with Crippen molar-refractivity contribution in [3.05, 3.63) is 57.6 Å². The van der Waals surface area contributed by atoms with Gasteiger partial charge in [-0.1, -0.05) is 52.0 Å². The van der Waals surface area contributed by atoms with Gasteiger partial charge in [-0.05, 0) is 59.1 Å². The molecule has 0 atom stereocenters. The summed E-state index contributed by atoms with van der Waals surface area (Å²) in [6.45, 7) is 8.84. The van der Waals surface area contributed by atoms with Crippen LogP contribution in [0.5, 0.6) is 0 Å². The van der Waals surface area contributed by atoms with E-state index in [0.717, 1.165) is 42.4 Å². The van der Waals surface area contributed by atoms with Crippen LogP contribution in [0.4, 0.5) is 0 Å². The van der Waals surface area contributed by atoms with Gasteiger partial charge in [0, 0.05) is 11.1 Å². The molecule has 0 spiro atoms. The molecule has 0 aliphatic heterocycles. The normalized spacial score (nSPS) is 12.5. The topological polar surface area (TPSA) is 17.1 Å². The Kier molecular flexibility index (Phi) is 3.90. The minimum Gasteiger partial charge on any atom is -0.289 e. The molecule has 0 N–H and O–H groups in total. The fourth-order valence-corrected chi connectivity index (χ4v) is 4.18. The molecule has 1 aliphatic carbocycles. The van der Waals surface area contributed by atoms with Crippen molar-refractivity contribution >= 4 is 5.78 Å². The summed E-state index contributed by atoms with van der Waals surface area (Å²) >= 11 is 0. The molecule has 0 amide bonds. The van der Waals surface area contributed by atoms with Gasteiger partial charge in [0.2, 0.25) is 0 Å². The van der Waals surface area contributed by atoms with E-state index in [-0.39, 0.29) is 5.78 Å². The molecule has 0 bridgehead atoms. The second-order valence-electron chi connectivity index (χ2n) is 5.95. The Hall–Kier alpha value is -1.89. The molecule has 2 aromatic carbocycles. The minimum atomic E-state index is 0.231. The van der Waals surface area contributed by atoms with E-state index in [0.29, 0.717) is 0 Å². The van der Waals surface area contributed by atoms with E-state index in [2.05, 4.69) is 33.8 Å². The molecule has 114 valence electrons. The van der Waals surface area contributed by atoms with E-state index in [1.807, 2.05) is 18.2 Å². The lowest BCUT2D eigenvalue weighted by Gasteiger charge is -2.21. The van der Waals surface area contributed by atoms with Gasteiger partial charge in [0.05, 0.1) is 0 Å². The molecule has 0 heterocycles. The van der Waals surface area contributed by atoms with Gasteiger partial charge in [0.1, 0.15) is 0 Å². The van der Waals surface area contributed by atoms with Crippen LogP contribution in [0.2, 0.25) is 0 Å². The van der Waals surface area contributed by atoms with E-state index < -0.39 is 0 Å². The monoisotopic (exact) mass is 292 g/mol. The standard InChI is InChI=1S/C21H24O/c1-5-13-14(6-2)16(8-4)20-19(15(13)7-3)17-11-9-10-12-18(17)21(20)22/h9-12H,5-8H2,1-4H3. The summed E-state index contributed by atoms with van der Waals surface area (Å²) in [6.07, 6.45) is 3.98. The molecular weight excluding hydrogens is 268 g/mol. The minimum absolute atomic E-state index is 0.231. The molecule has 1 heteroatoms. The molecule has 1 nitrogen and oxygen atoms in total. The zero-order valence-electron chi connectivity index (χ0n) is 14.0. The lowest BCUT2D eigenvalue weighted by atomic mass is 9.82. The second-order valence-corrected chi connectivity index (χ2v) is 5.95. The summed E-state index contributed by atoms with van der Waals surface area (Å²) in [4.78, 5) is 13.0. The van der Waals surface area contributed by atoms with Crippen molar-refractivity contribution < 1.29 is 4.79 Å². The second kappa shape index (κ2) is 5.72. The summed E-state index contributed by atoms with van der Waals surface area (Å²) < 4.78 is 0. The highest BCUT2D eigenvalue weighted by molar-refractivity contribution is 6.23. The number of hydrogen-bond donors (Lipinski definition) is 0. The Bertz CT molecular complexity index is 753. The summed E-state index contributed by atoms with van der Waals surface area (Å²) in [7, 11) is 0. The Balaban J connectivity index is 2.49. The average Bonchev–Trinajstić information content (AvgIpc) is 2.86. The fraction of sp³-hybridized carbons (Fsp3) is 0.381. The number of benzene rings is 2. The molecule has 1 aliphatic rings. The van der Waals surface area contributed by atoms with Crippen LogP contribution in [-0.2, 0) is 25.7 Å². The van der Waals surface area contributed by atoms with Gasteiger partial charge in [0.25, 0.3) is 0 Å². The van der Waals surface area contributed by atoms with Crippen molar-refractivity contribution in [1.82, 2.24) is 0 Å². The lowest BCUT2D eigenvalue weighted by molar-refractivity contribution is 0.104. The van der Waals surface area contributed by atoms with Gasteiger partial charge in [-0.25, -0.2) is 0 Å². The van der Waals surface area contributed by atoms with Crippen molar-refractivity contribution in [2.45, 2.75) is 53.4 Å². The molecule has 22 heavy (non-hydrogen) atoms. The lowest BCUT2D eigenvalue weighted by Crippen LogP contribution is -2.10. The highest BCUT2D eigenvalue weighted by Gasteiger charge is 2.33. The third kappa shape index (κ3) is 1.88. The first kappa shape index (κ1) is 15.0. The van der Waals surface area contributed by atoms with Gasteiger partial charge < -0.3 is 0 Å². The van der Waals surface area contributed by atoms with E-state index in [1.54, 1.807) is 0 Å². The molecule has 2 aromatic rings. The van der Waals surface area contributed by atoms with Crippen molar-refractivity contribution in [3.63, 3.8) is 0 Å². The third-order valence-corrected chi connectivity index (χ3v) is 5.03. The van der Waals surface area contributed by atoms with Crippen LogP contribution in [0.15, 0.2) is 24.3 Å². The van der Waals surface area contributed by atoms with Crippen molar-refractivity contribution in [2.75, 3.05) is 0 Å². The molecule has 0 aromatic heterocycles. The molecule has 3 rings (SSSR count). The third-order valence-electron chi connectivity index (χ3n) is 5.03. The van der Waals surface area contributed by atoms with Crippen LogP contribution in [0.3, 0.4) is 0 Å². The van der Waals surface area contributed by atoms with Gasteiger partial charge in [-0.15, -0.1) is 0 Å². The van der Waals surface area contributed by atoms with Gasteiger partial charge >= 0.3 is 0 Å². The Morgan fingerprint density at radius 3 is 1.59 bits per heavy atom. The Morgan fingerprint density at radius 2 is 1.09 bits per heavy atom. The fourth-order valence-electron chi connectivity index (χ4n) is 4.18. The summed E-state index contributed by atoms with van der Waals surface area (Å²) in [5.74, 6) is 0.231. The number of rotatable bonds is 4. The number of hydrogen-bond acceptors (Lipinski definition) is 1. The first-order chi connectivity index (χ1) is 10.7. The molecule has 0 saturated heterocycles. The zero-order chi connectivity index (χ0) is 15.9. The van der Waals surface area contributed by atoms with Crippen LogP contribution in [-0.4, -0.2) is 5.78 Å². The van der Waals surface area contributed by atoms with Crippen LogP contribution >= 0.6 is 0 Å². The smallest absolute Gasteiger partial charge is 0.194 e. The summed E-state index contributed by atoms with van der Waals surface area (Å²) in [5, 5.41) is 0. The van der Waals surface area contributed by atoms with Crippen LogP contribution in [0, 0.1) is 0 Å². The molecule has 0 saturated carbocycles. The molecular formula is C21H24O. The van der Waals surface area contributed by atoms with Crippen molar-refractivity contribution in [3.8, 4) is 11.1 Å². The summed E-state index contributed by atoms with van der Waals surface area (Å²) in [6, 6.07) is 8.11. The predicted molar refractivity (Wildman–Crippen MR) is 92.8 cm³/mol. The van der Waals surface area contributed by atoms with Crippen LogP contribution in [0.1, 0.15) is 65.9 Å². The van der Waals surface area contributed by atoms with E-state index in [4.69, 9.17) is 0 Å². The van der Waals surface area contributed by atoms with Crippen molar-refractivity contribution in [2.24, 2.45) is 0 Å². The average molecular weight is 292 g/mol. The maximum Gasteiger partial charge on any atom is 0.194 e. The SMILES string of the molecule is CCc1c(CC)c(CC)c2c(c1CC)C(=O)c1ccccc1-2. The number of carbonyl (C=O) groups is 1. The maximum absolute atomic E-state index is 13.0. The number of ketones is 1. The van der Waals surface area contributed by atoms with Crippen molar-refractivity contribution in [1.29, 1.82) is 0 Å². The van der Waals surface area contributed by atoms with Crippen LogP contribution in [0.25, 0.3) is 11.1 Å². The quantitative estimate of drug-likeness (QED) is 0.650. The summed E-state index contributed by atoms with van der Waals surface area (Å²) in [5.41, 5.74) is 9.83. The number of carbonyl (C=O) groups excluding carboxylic acids is 1. The largest absolute Gasteiger partial charge is 0.289 e. The molecule has 0 fully saturated rings. The Labute approximate surface area is 133 Å². The van der Waals surface area contributed by atoms with Gasteiger partial charge in [-0.2, -0.15) is 0 Å². The Morgan fingerprint density at radius 1 is 0.636 bits per heavy atom. The number of fused-ring (bicyclic) bond motifs is 3. The zero-order valence-corrected chi connectivity index (χ0v) is 14.0. The molecule has 0 unspecified atom stereocenters. The van der Waals surface area contributed by atoms with Crippen LogP contribution < -0.4 is 0 Å². The first-order valence-electron chi connectivity index (χ1n) is 8.52.